The molecule has 0 radical (unpaired) electrons. The van der Waals surface area contributed by atoms with Crippen LogP contribution < -0.4 is 9.64 Å². The molecule has 2 aromatic rings. The molecule has 21 heavy (non-hydrogen) atoms. The van der Waals surface area contributed by atoms with Gasteiger partial charge in [-0.2, -0.15) is 0 Å². The van der Waals surface area contributed by atoms with Crippen LogP contribution in [-0.4, -0.2) is 24.1 Å². The first-order valence-electron chi connectivity index (χ1n) is 6.16. The number of rotatable bonds is 5. The van der Waals surface area contributed by atoms with Crippen molar-refractivity contribution in [3.63, 3.8) is 0 Å². The number of benzene rings is 1. The summed E-state index contributed by atoms with van der Waals surface area (Å²) in [5.41, 5.74) is 0.907. The summed E-state index contributed by atoms with van der Waals surface area (Å²) >= 11 is 5.83. The Kier molecular flexibility index (Phi) is 4.59. The second kappa shape index (κ2) is 6.41. The number of ether oxygens (including phenoxy) is 1. The van der Waals surface area contributed by atoms with Gasteiger partial charge in [0.05, 0.1) is 12.0 Å². The van der Waals surface area contributed by atoms with Crippen molar-refractivity contribution in [2.75, 3.05) is 19.1 Å². The van der Waals surface area contributed by atoms with Crippen molar-refractivity contribution in [1.29, 1.82) is 0 Å². The van der Waals surface area contributed by atoms with Gasteiger partial charge >= 0.3 is 5.69 Å². The lowest BCUT2D eigenvalue weighted by molar-refractivity contribution is -0.384. The number of aromatic nitrogens is 1. The Balaban J connectivity index is 2.24. The highest BCUT2D eigenvalue weighted by molar-refractivity contribution is 6.29. The van der Waals surface area contributed by atoms with Crippen LogP contribution in [0.2, 0.25) is 5.15 Å². The predicted octanol–water partition coefficient (Wildman–Crippen LogP) is 3.29. The van der Waals surface area contributed by atoms with E-state index in [0.29, 0.717) is 6.54 Å². The maximum absolute atomic E-state index is 11.1. The molecule has 0 amide bonds. The van der Waals surface area contributed by atoms with Crippen LogP contribution in [0.5, 0.6) is 5.75 Å². The van der Waals surface area contributed by atoms with E-state index in [1.165, 1.54) is 12.1 Å². The zero-order chi connectivity index (χ0) is 15.4. The van der Waals surface area contributed by atoms with E-state index in [1.54, 1.807) is 19.1 Å². The summed E-state index contributed by atoms with van der Waals surface area (Å²) < 4.78 is 5.09. The first kappa shape index (κ1) is 15.1. The van der Waals surface area contributed by atoms with Gasteiger partial charge < -0.3 is 9.64 Å². The van der Waals surface area contributed by atoms with Gasteiger partial charge in [-0.1, -0.05) is 23.7 Å². The van der Waals surface area contributed by atoms with Crippen LogP contribution in [0.25, 0.3) is 0 Å². The zero-order valence-corrected chi connectivity index (χ0v) is 12.4. The molecule has 6 nitrogen and oxygen atoms in total. The number of hydrogen-bond acceptors (Lipinski definition) is 5. The van der Waals surface area contributed by atoms with Crippen molar-refractivity contribution in [3.8, 4) is 5.75 Å². The minimum atomic E-state index is -0.469. The fourth-order valence-electron chi connectivity index (χ4n) is 1.92. The summed E-state index contributed by atoms with van der Waals surface area (Å²) in [4.78, 5) is 16.3. The molecule has 0 unspecified atom stereocenters. The molecule has 0 atom stereocenters. The number of halogens is 1. The Morgan fingerprint density at radius 2 is 1.95 bits per heavy atom. The van der Waals surface area contributed by atoms with E-state index >= 15 is 0 Å². The van der Waals surface area contributed by atoms with Gasteiger partial charge in [0.25, 0.3) is 0 Å². The van der Waals surface area contributed by atoms with Gasteiger partial charge in [0.1, 0.15) is 10.9 Å². The fraction of sp³-hybridized carbons (Fsp3) is 0.214. The molecule has 0 aliphatic heterocycles. The molecule has 0 aliphatic carbocycles. The van der Waals surface area contributed by atoms with Crippen molar-refractivity contribution in [2.45, 2.75) is 6.54 Å². The molecule has 0 bridgehead atoms. The van der Waals surface area contributed by atoms with Crippen LogP contribution in [0.4, 0.5) is 11.5 Å². The summed E-state index contributed by atoms with van der Waals surface area (Å²) in [6, 6.07) is 10.2. The summed E-state index contributed by atoms with van der Waals surface area (Å²) in [7, 11) is 3.33. The van der Waals surface area contributed by atoms with Gasteiger partial charge in [0, 0.05) is 19.7 Å². The average molecular weight is 308 g/mol. The Hall–Kier alpha value is -2.34. The van der Waals surface area contributed by atoms with Crippen molar-refractivity contribution in [1.82, 2.24) is 4.98 Å². The van der Waals surface area contributed by atoms with E-state index in [1.807, 2.05) is 24.3 Å². The quantitative estimate of drug-likeness (QED) is 0.481. The highest BCUT2D eigenvalue weighted by Gasteiger charge is 2.19. The molecule has 110 valence electrons. The van der Waals surface area contributed by atoms with Crippen LogP contribution >= 0.6 is 11.6 Å². The molecule has 0 saturated carbocycles. The molecule has 0 spiro atoms. The van der Waals surface area contributed by atoms with E-state index in [2.05, 4.69) is 4.98 Å². The second-order valence-electron chi connectivity index (χ2n) is 4.44. The molecule has 0 saturated heterocycles. The second-order valence-corrected chi connectivity index (χ2v) is 4.83. The lowest BCUT2D eigenvalue weighted by atomic mass is 10.2. The minimum absolute atomic E-state index is 0.0737. The van der Waals surface area contributed by atoms with Gasteiger partial charge in [-0.25, -0.2) is 4.98 Å². The zero-order valence-electron chi connectivity index (χ0n) is 11.6. The van der Waals surface area contributed by atoms with Crippen LogP contribution in [0, 0.1) is 10.1 Å². The van der Waals surface area contributed by atoms with E-state index in [0.717, 1.165) is 11.3 Å². The van der Waals surface area contributed by atoms with E-state index in [9.17, 15) is 10.1 Å². The topological polar surface area (TPSA) is 68.5 Å². The molecule has 0 fully saturated rings. The normalized spacial score (nSPS) is 10.2. The van der Waals surface area contributed by atoms with Crippen LogP contribution in [0.1, 0.15) is 5.56 Å². The maximum Gasteiger partial charge on any atom is 0.311 e. The molecular weight excluding hydrogens is 294 g/mol. The Labute approximate surface area is 127 Å². The molecule has 1 aromatic carbocycles. The highest BCUT2D eigenvalue weighted by Crippen LogP contribution is 2.28. The number of pyridine rings is 1. The molecule has 1 heterocycles. The standard InChI is InChI=1S/C14H14ClN3O3/c1-17(9-10-3-5-11(21-2)6-4-10)14-12(18(19)20)7-8-13(15)16-14/h3-8H,9H2,1-2H3. The van der Waals surface area contributed by atoms with Crippen LogP contribution in [0.3, 0.4) is 0 Å². The lowest BCUT2D eigenvalue weighted by Crippen LogP contribution is -2.19. The molecule has 0 N–H and O–H groups in total. The number of nitrogens with zero attached hydrogens (tertiary/aromatic N) is 3. The van der Waals surface area contributed by atoms with E-state index in [-0.39, 0.29) is 16.7 Å². The molecule has 1 aromatic heterocycles. The largest absolute Gasteiger partial charge is 0.497 e. The third kappa shape index (κ3) is 3.61. The van der Waals surface area contributed by atoms with Crippen LogP contribution in [-0.2, 0) is 6.54 Å². The van der Waals surface area contributed by atoms with Crippen molar-refractivity contribution < 1.29 is 9.66 Å². The van der Waals surface area contributed by atoms with Crippen molar-refractivity contribution >= 4 is 23.1 Å². The summed E-state index contributed by atoms with van der Waals surface area (Å²) in [5.74, 6) is 0.997. The summed E-state index contributed by atoms with van der Waals surface area (Å²) in [6.45, 7) is 0.470. The summed E-state index contributed by atoms with van der Waals surface area (Å²) in [5, 5.41) is 11.3. The molecule has 0 aliphatic rings. The number of nitro groups is 1. The van der Waals surface area contributed by atoms with Crippen LogP contribution in [0.15, 0.2) is 36.4 Å². The number of anilines is 1. The highest BCUT2D eigenvalue weighted by atomic mass is 35.5. The Bertz CT molecular complexity index is 646. The SMILES string of the molecule is COc1ccc(CN(C)c2nc(Cl)ccc2[N+](=O)[O-])cc1. The average Bonchev–Trinajstić information content (AvgIpc) is 2.47. The molecule has 2 rings (SSSR count). The fourth-order valence-corrected chi connectivity index (χ4v) is 2.06. The van der Waals surface area contributed by atoms with Crippen molar-refractivity contribution in [3.05, 3.63) is 57.2 Å². The maximum atomic E-state index is 11.1. The van der Waals surface area contributed by atoms with Gasteiger partial charge in [-0.3, -0.25) is 10.1 Å². The van der Waals surface area contributed by atoms with Gasteiger partial charge in [0.2, 0.25) is 5.82 Å². The third-order valence-electron chi connectivity index (χ3n) is 2.96. The molecular formula is C14H14ClN3O3. The predicted molar refractivity (Wildman–Crippen MR) is 81.0 cm³/mol. The lowest BCUT2D eigenvalue weighted by Gasteiger charge is -2.18. The number of hydrogen-bond donors (Lipinski definition) is 0. The van der Waals surface area contributed by atoms with E-state index < -0.39 is 4.92 Å². The Morgan fingerprint density at radius 1 is 1.29 bits per heavy atom. The van der Waals surface area contributed by atoms with E-state index in [4.69, 9.17) is 16.3 Å². The number of methoxy groups -OCH3 is 1. The van der Waals surface area contributed by atoms with Gasteiger partial charge in [0.15, 0.2) is 0 Å². The monoisotopic (exact) mass is 307 g/mol. The van der Waals surface area contributed by atoms with Crippen molar-refractivity contribution in [2.24, 2.45) is 0 Å². The Morgan fingerprint density at radius 3 is 2.52 bits per heavy atom. The molecule has 7 heteroatoms. The van der Waals surface area contributed by atoms with Gasteiger partial charge in [-0.15, -0.1) is 0 Å². The van der Waals surface area contributed by atoms with Gasteiger partial charge in [-0.05, 0) is 23.8 Å². The smallest absolute Gasteiger partial charge is 0.311 e. The third-order valence-corrected chi connectivity index (χ3v) is 3.17. The first-order chi connectivity index (χ1) is 10.0. The minimum Gasteiger partial charge on any atom is -0.497 e. The summed E-state index contributed by atoms with van der Waals surface area (Å²) in [6.07, 6.45) is 0. The first-order valence-corrected chi connectivity index (χ1v) is 6.54.